The standard InChI is InChI=1S/C15H23NO2/c1-12-6-5-7-13(10-12)16-15(11-17)9-4-3-8-14(15)18-2/h5-7,10,14,16-17H,3-4,8-9,11H2,1-2H3. The Kier molecular flexibility index (Phi) is 4.25. The highest BCUT2D eigenvalue weighted by molar-refractivity contribution is 5.48. The Morgan fingerprint density at radius 2 is 2.28 bits per heavy atom. The van der Waals surface area contributed by atoms with Gasteiger partial charge in [0.25, 0.3) is 0 Å². The highest BCUT2D eigenvalue weighted by Crippen LogP contribution is 2.33. The van der Waals surface area contributed by atoms with Crippen molar-refractivity contribution in [2.24, 2.45) is 0 Å². The molecule has 100 valence electrons. The van der Waals surface area contributed by atoms with Crippen LogP contribution in [-0.4, -0.2) is 30.5 Å². The molecule has 18 heavy (non-hydrogen) atoms. The minimum absolute atomic E-state index is 0.0803. The van der Waals surface area contributed by atoms with Gasteiger partial charge in [0.05, 0.1) is 18.2 Å². The summed E-state index contributed by atoms with van der Waals surface area (Å²) in [7, 11) is 1.73. The van der Waals surface area contributed by atoms with E-state index in [2.05, 4.69) is 24.4 Å². The SMILES string of the molecule is COC1CCCCC1(CO)Nc1cccc(C)c1. The maximum atomic E-state index is 9.83. The van der Waals surface area contributed by atoms with E-state index in [0.717, 1.165) is 24.9 Å². The van der Waals surface area contributed by atoms with Gasteiger partial charge >= 0.3 is 0 Å². The monoisotopic (exact) mass is 249 g/mol. The number of ether oxygens (including phenoxy) is 1. The molecular formula is C15H23NO2. The molecule has 0 amide bonds. The first-order valence-corrected chi connectivity index (χ1v) is 6.69. The third-order valence-corrected chi connectivity index (χ3v) is 3.93. The third kappa shape index (κ3) is 2.68. The molecule has 1 aromatic rings. The predicted molar refractivity (Wildman–Crippen MR) is 73.9 cm³/mol. The molecule has 1 fully saturated rings. The number of hydrogen-bond acceptors (Lipinski definition) is 3. The van der Waals surface area contributed by atoms with Gasteiger partial charge in [0.15, 0.2) is 0 Å². The van der Waals surface area contributed by atoms with Crippen molar-refractivity contribution < 1.29 is 9.84 Å². The van der Waals surface area contributed by atoms with Crippen LogP contribution in [0.1, 0.15) is 31.2 Å². The van der Waals surface area contributed by atoms with Crippen LogP contribution in [0.5, 0.6) is 0 Å². The van der Waals surface area contributed by atoms with E-state index in [9.17, 15) is 5.11 Å². The molecule has 2 rings (SSSR count). The molecule has 0 bridgehead atoms. The van der Waals surface area contributed by atoms with Gasteiger partial charge in [-0.1, -0.05) is 25.0 Å². The molecule has 0 aromatic heterocycles. The molecule has 2 atom stereocenters. The molecule has 0 radical (unpaired) electrons. The van der Waals surface area contributed by atoms with E-state index in [4.69, 9.17) is 4.74 Å². The molecule has 1 saturated carbocycles. The van der Waals surface area contributed by atoms with Gasteiger partial charge in [-0.05, 0) is 37.5 Å². The molecule has 0 heterocycles. The van der Waals surface area contributed by atoms with Gasteiger partial charge in [-0.3, -0.25) is 0 Å². The van der Waals surface area contributed by atoms with Crippen LogP contribution < -0.4 is 5.32 Å². The summed E-state index contributed by atoms with van der Waals surface area (Å²) in [5, 5.41) is 13.3. The molecule has 1 aromatic carbocycles. The van der Waals surface area contributed by atoms with Crippen molar-refractivity contribution in [1.29, 1.82) is 0 Å². The van der Waals surface area contributed by atoms with E-state index in [1.54, 1.807) is 7.11 Å². The second kappa shape index (κ2) is 5.72. The first-order valence-electron chi connectivity index (χ1n) is 6.69. The molecule has 1 aliphatic rings. The summed E-state index contributed by atoms with van der Waals surface area (Å²) in [6.45, 7) is 2.19. The van der Waals surface area contributed by atoms with Crippen LogP contribution in [0, 0.1) is 6.92 Å². The van der Waals surface area contributed by atoms with Gasteiger partial charge in [0, 0.05) is 12.8 Å². The number of methoxy groups -OCH3 is 1. The molecule has 2 unspecified atom stereocenters. The van der Waals surface area contributed by atoms with Gasteiger partial charge in [0.2, 0.25) is 0 Å². The Hall–Kier alpha value is -1.06. The normalized spacial score (nSPS) is 28.1. The van der Waals surface area contributed by atoms with Crippen molar-refractivity contribution in [2.75, 3.05) is 19.0 Å². The van der Waals surface area contributed by atoms with Gasteiger partial charge in [-0.25, -0.2) is 0 Å². The summed E-state index contributed by atoms with van der Waals surface area (Å²) >= 11 is 0. The van der Waals surface area contributed by atoms with Crippen molar-refractivity contribution in [3.05, 3.63) is 29.8 Å². The van der Waals surface area contributed by atoms with Gasteiger partial charge < -0.3 is 15.2 Å². The number of aryl methyl sites for hydroxylation is 1. The van der Waals surface area contributed by atoms with Crippen LogP contribution in [0.3, 0.4) is 0 Å². The molecule has 0 spiro atoms. The summed E-state index contributed by atoms with van der Waals surface area (Å²) < 4.78 is 5.58. The molecule has 1 aliphatic carbocycles. The van der Waals surface area contributed by atoms with Crippen LogP contribution in [0.25, 0.3) is 0 Å². The number of rotatable bonds is 4. The summed E-state index contributed by atoms with van der Waals surface area (Å²) in [4.78, 5) is 0. The lowest BCUT2D eigenvalue weighted by Crippen LogP contribution is -2.55. The van der Waals surface area contributed by atoms with Crippen molar-refractivity contribution in [3.63, 3.8) is 0 Å². The van der Waals surface area contributed by atoms with Crippen molar-refractivity contribution >= 4 is 5.69 Å². The van der Waals surface area contributed by atoms with Crippen LogP contribution in [0.4, 0.5) is 5.69 Å². The largest absolute Gasteiger partial charge is 0.394 e. The number of hydrogen-bond donors (Lipinski definition) is 2. The smallest absolute Gasteiger partial charge is 0.0865 e. The van der Waals surface area contributed by atoms with Crippen LogP contribution in [-0.2, 0) is 4.74 Å². The minimum Gasteiger partial charge on any atom is -0.394 e. The van der Waals surface area contributed by atoms with E-state index < -0.39 is 0 Å². The Morgan fingerprint density at radius 3 is 2.94 bits per heavy atom. The average molecular weight is 249 g/mol. The van der Waals surface area contributed by atoms with E-state index in [0.29, 0.717) is 0 Å². The van der Waals surface area contributed by atoms with E-state index in [-0.39, 0.29) is 18.2 Å². The van der Waals surface area contributed by atoms with Gasteiger partial charge in [-0.15, -0.1) is 0 Å². The topological polar surface area (TPSA) is 41.5 Å². The van der Waals surface area contributed by atoms with E-state index in [1.165, 1.54) is 12.0 Å². The zero-order valence-electron chi connectivity index (χ0n) is 11.3. The van der Waals surface area contributed by atoms with Crippen LogP contribution in [0.2, 0.25) is 0 Å². The number of aliphatic hydroxyl groups excluding tert-OH is 1. The zero-order valence-corrected chi connectivity index (χ0v) is 11.3. The molecule has 0 saturated heterocycles. The Labute approximate surface area is 109 Å². The number of nitrogens with one attached hydrogen (secondary N) is 1. The lowest BCUT2D eigenvalue weighted by atomic mass is 9.79. The lowest BCUT2D eigenvalue weighted by Gasteiger charge is -2.43. The van der Waals surface area contributed by atoms with Crippen LogP contribution in [0.15, 0.2) is 24.3 Å². The fourth-order valence-electron chi connectivity index (χ4n) is 2.92. The number of aliphatic hydroxyl groups is 1. The van der Waals surface area contributed by atoms with Crippen LogP contribution >= 0.6 is 0 Å². The molecule has 2 N–H and O–H groups in total. The fraction of sp³-hybridized carbons (Fsp3) is 0.600. The summed E-state index contributed by atoms with van der Waals surface area (Å²) in [5.74, 6) is 0. The first-order chi connectivity index (χ1) is 8.70. The zero-order chi connectivity index (χ0) is 13.0. The molecule has 3 nitrogen and oxygen atoms in total. The third-order valence-electron chi connectivity index (χ3n) is 3.93. The van der Waals surface area contributed by atoms with Gasteiger partial charge in [0.1, 0.15) is 0 Å². The first kappa shape index (κ1) is 13.4. The highest BCUT2D eigenvalue weighted by Gasteiger charge is 2.40. The van der Waals surface area contributed by atoms with E-state index in [1.807, 2.05) is 12.1 Å². The predicted octanol–water partition coefficient (Wildman–Crippen LogP) is 2.73. The number of benzene rings is 1. The summed E-state index contributed by atoms with van der Waals surface area (Å²) in [5.41, 5.74) is 1.95. The molecular weight excluding hydrogens is 226 g/mol. The Morgan fingerprint density at radius 1 is 1.44 bits per heavy atom. The Balaban J connectivity index is 2.21. The maximum absolute atomic E-state index is 9.83. The van der Waals surface area contributed by atoms with Crippen molar-refractivity contribution in [3.8, 4) is 0 Å². The minimum atomic E-state index is -0.333. The van der Waals surface area contributed by atoms with E-state index >= 15 is 0 Å². The second-order valence-corrected chi connectivity index (χ2v) is 5.28. The number of anilines is 1. The summed E-state index contributed by atoms with van der Waals surface area (Å²) in [6, 6.07) is 8.27. The van der Waals surface area contributed by atoms with Gasteiger partial charge in [-0.2, -0.15) is 0 Å². The van der Waals surface area contributed by atoms with Crippen molar-refractivity contribution in [2.45, 2.75) is 44.2 Å². The maximum Gasteiger partial charge on any atom is 0.0865 e. The molecule has 3 heteroatoms. The van der Waals surface area contributed by atoms with Crippen molar-refractivity contribution in [1.82, 2.24) is 0 Å². The highest BCUT2D eigenvalue weighted by atomic mass is 16.5. The lowest BCUT2D eigenvalue weighted by molar-refractivity contribution is -0.00855. The quantitative estimate of drug-likeness (QED) is 0.862. The summed E-state index contributed by atoms with van der Waals surface area (Å²) in [6.07, 6.45) is 4.36. The Bertz CT molecular complexity index is 394. The second-order valence-electron chi connectivity index (χ2n) is 5.28. The fourth-order valence-corrected chi connectivity index (χ4v) is 2.92. The average Bonchev–Trinajstić information content (AvgIpc) is 2.39. The molecule has 0 aliphatic heterocycles.